The third kappa shape index (κ3) is 4.58. The zero-order valence-corrected chi connectivity index (χ0v) is 20.1. The fourth-order valence-corrected chi connectivity index (χ4v) is 4.04. The van der Waals surface area contributed by atoms with Crippen molar-refractivity contribution in [2.45, 2.75) is 27.7 Å². The minimum absolute atomic E-state index is 0.0301. The topological polar surface area (TPSA) is 78.5 Å². The molecule has 3 aromatic rings. The normalized spacial score (nSPS) is 13.5. The van der Waals surface area contributed by atoms with Crippen LogP contribution in [0.2, 0.25) is 0 Å². The standard InChI is InChI=1S/C27H24ClN3O3/c1-15-10-16(2)12-22(11-15)31-26(33)23(28)24(27(31)34)29-20-7-5-6-19(14-20)25(32)30-21-9-8-17(3)18(4)13-21/h5-14,29H,1-4H3,(H,30,32). The first-order valence-electron chi connectivity index (χ1n) is 10.8. The maximum Gasteiger partial charge on any atom is 0.283 e. The molecular formula is C27H24ClN3O3. The van der Waals surface area contributed by atoms with Gasteiger partial charge < -0.3 is 10.6 Å². The van der Waals surface area contributed by atoms with E-state index in [2.05, 4.69) is 10.6 Å². The third-order valence-electron chi connectivity index (χ3n) is 5.65. The van der Waals surface area contributed by atoms with Gasteiger partial charge in [0.05, 0.1) is 5.69 Å². The summed E-state index contributed by atoms with van der Waals surface area (Å²) in [5.74, 6) is -1.44. The number of nitrogens with one attached hydrogen (secondary N) is 2. The van der Waals surface area contributed by atoms with Gasteiger partial charge in [0.15, 0.2) is 0 Å². The molecule has 7 heteroatoms. The summed E-state index contributed by atoms with van der Waals surface area (Å²) in [6, 6.07) is 17.8. The van der Waals surface area contributed by atoms with Crippen LogP contribution in [0.5, 0.6) is 0 Å². The van der Waals surface area contributed by atoms with E-state index in [0.29, 0.717) is 22.6 Å². The van der Waals surface area contributed by atoms with Crippen molar-refractivity contribution >= 4 is 46.4 Å². The molecule has 6 nitrogen and oxygen atoms in total. The molecule has 0 fully saturated rings. The molecule has 0 saturated carbocycles. The predicted octanol–water partition coefficient (Wildman–Crippen LogP) is 5.61. The van der Waals surface area contributed by atoms with Gasteiger partial charge in [0.2, 0.25) is 0 Å². The van der Waals surface area contributed by atoms with Crippen molar-refractivity contribution in [2.24, 2.45) is 0 Å². The second kappa shape index (κ2) is 9.15. The molecule has 1 heterocycles. The number of benzene rings is 3. The van der Waals surface area contributed by atoms with E-state index < -0.39 is 11.8 Å². The monoisotopic (exact) mass is 473 g/mol. The molecule has 172 valence electrons. The molecule has 0 saturated heterocycles. The quantitative estimate of drug-likeness (QED) is 0.472. The Bertz CT molecular complexity index is 1360. The second-order valence-electron chi connectivity index (χ2n) is 8.44. The predicted molar refractivity (Wildman–Crippen MR) is 135 cm³/mol. The van der Waals surface area contributed by atoms with E-state index in [1.54, 1.807) is 36.4 Å². The highest BCUT2D eigenvalue weighted by molar-refractivity contribution is 6.53. The molecule has 1 aliphatic heterocycles. The van der Waals surface area contributed by atoms with Gasteiger partial charge in [-0.1, -0.05) is 29.8 Å². The lowest BCUT2D eigenvalue weighted by Gasteiger charge is -2.16. The fourth-order valence-electron chi connectivity index (χ4n) is 3.83. The molecule has 0 radical (unpaired) electrons. The number of rotatable bonds is 5. The van der Waals surface area contributed by atoms with Crippen molar-refractivity contribution in [3.8, 4) is 0 Å². The van der Waals surface area contributed by atoms with Gasteiger partial charge in [-0.15, -0.1) is 0 Å². The first-order chi connectivity index (χ1) is 16.1. The van der Waals surface area contributed by atoms with Crippen LogP contribution in [0.15, 0.2) is 71.4 Å². The second-order valence-corrected chi connectivity index (χ2v) is 8.82. The van der Waals surface area contributed by atoms with Crippen molar-refractivity contribution < 1.29 is 14.4 Å². The maximum atomic E-state index is 13.1. The highest BCUT2D eigenvalue weighted by Crippen LogP contribution is 2.31. The highest BCUT2D eigenvalue weighted by atomic mass is 35.5. The molecular weight excluding hydrogens is 450 g/mol. The van der Waals surface area contributed by atoms with E-state index in [9.17, 15) is 14.4 Å². The fraction of sp³-hybridized carbons (Fsp3) is 0.148. The summed E-state index contributed by atoms with van der Waals surface area (Å²) in [5.41, 5.74) is 6.05. The Morgan fingerprint density at radius 1 is 0.794 bits per heavy atom. The van der Waals surface area contributed by atoms with Gasteiger partial charge in [-0.25, -0.2) is 4.90 Å². The van der Waals surface area contributed by atoms with Gasteiger partial charge in [0.25, 0.3) is 17.7 Å². The van der Waals surface area contributed by atoms with Crippen LogP contribution in [0, 0.1) is 27.7 Å². The van der Waals surface area contributed by atoms with Crippen molar-refractivity contribution in [3.05, 3.63) is 99.2 Å². The first-order valence-corrected chi connectivity index (χ1v) is 11.1. The van der Waals surface area contributed by atoms with Crippen molar-refractivity contribution in [3.63, 3.8) is 0 Å². The zero-order valence-electron chi connectivity index (χ0n) is 19.3. The number of nitrogens with zero attached hydrogens (tertiary/aromatic N) is 1. The number of halogens is 1. The van der Waals surface area contributed by atoms with Gasteiger partial charge in [-0.3, -0.25) is 14.4 Å². The van der Waals surface area contributed by atoms with Gasteiger partial charge in [0, 0.05) is 16.9 Å². The van der Waals surface area contributed by atoms with Gasteiger partial charge >= 0.3 is 0 Å². The summed E-state index contributed by atoms with van der Waals surface area (Å²) in [6.07, 6.45) is 0. The number of hydrogen-bond donors (Lipinski definition) is 2. The maximum absolute atomic E-state index is 13.1. The Balaban J connectivity index is 1.55. The van der Waals surface area contributed by atoms with Crippen molar-refractivity contribution in [1.82, 2.24) is 0 Å². The van der Waals surface area contributed by atoms with Crippen molar-refractivity contribution in [1.29, 1.82) is 0 Å². The average Bonchev–Trinajstić information content (AvgIpc) is 2.99. The average molecular weight is 474 g/mol. The summed E-state index contributed by atoms with van der Waals surface area (Å²) < 4.78 is 0. The third-order valence-corrected chi connectivity index (χ3v) is 6.00. The lowest BCUT2D eigenvalue weighted by Crippen LogP contribution is -2.32. The molecule has 2 N–H and O–H groups in total. The van der Waals surface area contributed by atoms with E-state index in [4.69, 9.17) is 11.6 Å². The summed E-state index contributed by atoms with van der Waals surface area (Å²) in [5, 5.41) is 5.61. The Morgan fingerprint density at radius 2 is 1.50 bits per heavy atom. The Labute approximate surface area is 203 Å². The van der Waals surface area contributed by atoms with E-state index in [0.717, 1.165) is 27.2 Å². The molecule has 34 heavy (non-hydrogen) atoms. The Morgan fingerprint density at radius 3 is 2.18 bits per heavy atom. The van der Waals surface area contributed by atoms with Crippen LogP contribution in [0.1, 0.15) is 32.6 Å². The van der Waals surface area contributed by atoms with Crippen LogP contribution >= 0.6 is 11.6 Å². The van der Waals surface area contributed by atoms with Crippen molar-refractivity contribution in [2.75, 3.05) is 15.5 Å². The summed E-state index contributed by atoms with van der Waals surface area (Å²) >= 11 is 6.26. The van der Waals surface area contributed by atoms with Crippen LogP contribution < -0.4 is 15.5 Å². The zero-order chi connectivity index (χ0) is 24.6. The lowest BCUT2D eigenvalue weighted by molar-refractivity contribution is -0.120. The molecule has 0 bridgehead atoms. The van der Waals surface area contributed by atoms with Gasteiger partial charge in [-0.05, 0) is 92.4 Å². The molecule has 4 rings (SSSR count). The number of carbonyl (C=O) groups is 3. The van der Waals surface area contributed by atoms with Crippen LogP contribution in [0.25, 0.3) is 0 Å². The molecule has 1 aliphatic rings. The molecule has 0 unspecified atom stereocenters. The van der Waals surface area contributed by atoms with Crippen LogP contribution in [0.3, 0.4) is 0 Å². The van der Waals surface area contributed by atoms with Gasteiger partial charge in [-0.2, -0.15) is 0 Å². The molecule has 0 atom stereocenters. The van der Waals surface area contributed by atoms with Crippen LogP contribution in [-0.2, 0) is 9.59 Å². The molecule has 3 aromatic carbocycles. The van der Waals surface area contributed by atoms with Crippen LogP contribution in [0.4, 0.5) is 17.1 Å². The lowest BCUT2D eigenvalue weighted by atomic mass is 10.1. The number of hydrogen-bond acceptors (Lipinski definition) is 4. The molecule has 0 aromatic heterocycles. The number of anilines is 3. The van der Waals surface area contributed by atoms with E-state index in [1.807, 2.05) is 52.0 Å². The summed E-state index contributed by atoms with van der Waals surface area (Å²) in [4.78, 5) is 39.7. The Kier molecular flexibility index (Phi) is 6.26. The smallest absolute Gasteiger partial charge is 0.283 e. The van der Waals surface area contributed by atoms with E-state index in [1.165, 1.54) is 0 Å². The summed E-state index contributed by atoms with van der Waals surface area (Å²) in [7, 11) is 0. The van der Waals surface area contributed by atoms with E-state index in [-0.39, 0.29) is 16.6 Å². The molecule has 3 amide bonds. The van der Waals surface area contributed by atoms with Gasteiger partial charge in [0.1, 0.15) is 10.7 Å². The summed E-state index contributed by atoms with van der Waals surface area (Å²) in [6.45, 7) is 7.77. The molecule has 0 aliphatic carbocycles. The highest BCUT2D eigenvalue weighted by Gasteiger charge is 2.39. The number of amides is 3. The number of aryl methyl sites for hydroxylation is 4. The van der Waals surface area contributed by atoms with E-state index >= 15 is 0 Å². The largest absolute Gasteiger partial charge is 0.350 e. The SMILES string of the molecule is Cc1cc(C)cc(N2C(=O)C(Cl)=C(Nc3cccc(C(=O)Nc4ccc(C)c(C)c4)c3)C2=O)c1. The first kappa shape index (κ1) is 23.3. The number of imide groups is 1. The minimum Gasteiger partial charge on any atom is -0.350 e. The molecule has 0 spiro atoms. The minimum atomic E-state index is -0.595. The Hall–Kier alpha value is -3.90. The number of carbonyl (C=O) groups excluding carboxylic acids is 3. The van der Waals surface area contributed by atoms with Crippen LogP contribution in [-0.4, -0.2) is 17.7 Å².